The molecule has 2 N–H and O–H groups in total. The van der Waals surface area contributed by atoms with Gasteiger partial charge in [-0.2, -0.15) is 0 Å². The summed E-state index contributed by atoms with van der Waals surface area (Å²) in [7, 11) is 0. The second kappa shape index (κ2) is 6.02. The van der Waals surface area contributed by atoms with Gasteiger partial charge in [0, 0.05) is 17.1 Å². The van der Waals surface area contributed by atoms with Gasteiger partial charge in [0.25, 0.3) is 0 Å². The summed E-state index contributed by atoms with van der Waals surface area (Å²) in [5.41, 5.74) is 10.4. The second-order valence-corrected chi connectivity index (χ2v) is 5.19. The molecule has 2 aromatic heterocycles. The lowest BCUT2D eigenvalue weighted by atomic mass is 10.1. The molecule has 0 radical (unpaired) electrons. The van der Waals surface area contributed by atoms with E-state index in [1.165, 1.54) is 17.0 Å². The molecule has 19 heavy (non-hydrogen) atoms. The average molecular weight is 257 g/mol. The van der Waals surface area contributed by atoms with E-state index in [1.54, 1.807) is 0 Å². The zero-order chi connectivity index (χ0) is 13.8. The van der Waals surface area contributed by atoms with Crippen molar-refractivity contribution in [3.63, 3.8) is 0 Å². The van der Waals surface area contributed by atoms with Crippen LogP contribution in [0.4, 0.5) is 0 Å². The van der Waals surface area contributed by atoms with Crippen LogP contribution in [0.15, 0.2) is 24.3 Å². The first-order valence-corrected chi connectivity index (χ1v) is 6.95. The van der Waals surface area contributed by atoms with Crippen molar-refractivity contribution >= 4 is 0 Å². The minimum absolute atomic E-state index is 0.758. The van der Waals surface area contributed by atoms with E-state index >= 15 is 0 Å². The standard InChI is InChI=1S/C16H23N3/c1-12-10-15(6-4-5-9-17)18-16(11-12)19-13(2)7-8-14(19)3/h7-8,10-11H,4-6,9,17H2,1-3H3. The van der Waals surface area contributed by atoms with Gasteiger partial charge in [-0.3, -0.25) is 0 Å². The van der Waals surface area contributed by atoms with Crippen LogP contribution >= 0.6 is 0 Å². The van der Waals surface area contributed by atoms with E-state index < -0.39 is 0 Å². The van der Waals surface area contributed by atoms with Gasteiger partial charge >= 0.3 is 0 Å². The van der Waals surface area contributed by atoms with Gasteiger partial charge in [0.05, 0.1) is 0 Å². The van der Waals surface area contributed by atoms with E-state index in [2.05, 4.69) is 49.6 Å². The second-order valence-electron chi connectivity index (χ2n) is 5.19. The maximum absolute atomic E-state index is 5.54. The Morgan fingerprint density at radius 2 is 1.74 bits per heavy atom. The van der Waals surface area contributed by atoms with Gasteiger partial charge < -0.3 is 10.3 Å². The van der Waals surface area contributed by atoms with Crippen LogP contribution in [-0.4, -0.2) is 16.1 Å². The molecular weight excluding hydrogens is 234 g/mol. The zero-order valence-corrected chi connectivity index (χ0v) is 12.1. The Morgan fingerprint density at radius 1 is 1.05 bits per heavy atom. The summed E-state index contributed by atoms with van der Waals surface area (Å²) in [5, 5.41) is 0. The number of rotatable bonds is 5. The van der Waals surface area contributed by atoms with E-state index in [9.17, 15) is 0 Å². The topological polar surface area (TPSA) is 43.8 Å². The lowest BCUT2D eigenvalue weighted by Crippen LogP contribution is -2.05. The highest BCUT2D eigenvalue weighted by Crippen LogP contribution is 2.17. The third kappa shape index (κ3) is 3.24. The maximum Gasteiger partial charge on any atom is 0.137 e. The Labute approximate surface area is 115 Å². The number of aromatic nitrogens is 2. The van der Waals surface area contributed by atoms with Gasteiger partial charge in [0.2, 0.25) is 0 Å². The number of unbranched alkanes of at least 4 members (excludes halogenated alkanes) is 1. The number of hydrogen-bond acceptors (Lipinski definition) is 2. The number of aryl methyl sites for hydroxylation is 4. The molecule has 0 saturated carbocycles. The first-order valence-electron chi connectivity index (χ1n) is 6.95. The molecule has 2 rings (SSSR count). The summed E-state index contributed by atoms with van der Waals surface area (Å²) in [6.07, 6.45) is 3.17. The third-order valence-corrected chi connectivity index (χ3v) is 3.40. The summed E-state index contributed by atoms with van der Waals surface area (Å²) in [6, 6.07) is 8.58. The lowest BCUT2D eigenvalue weighted by molar-refractivity contribution is 0.728. The molecule has 0 amide bonds. The molecule has 2 heterocycles. The lowest BCUT2D eigenvalue weighted by Gasteiger charge is -2.11. The first-order chi connectivity index (χ1) is 9.11. The fourth-order valence-electron chi connectivity index (χ4n) is 2.44. The number of nitrogens with two attached hydrogens (primary N) is 1. The molecule has 102 valence electrons. The van der Waals surface area contributed by atoms with Crippen molar-refractivity contribution in [1.29, 1.82) is 0 Å². The van der Waals surface area contributed by atoms with E-state index in [-0.39, 0.29) is 0 Å². The molecule has 0 aliphatic rings. The van der Waals surface area contributed by atoms with Gasteiger partial charge in [-0.15, -0.1) is 0 Å². The molecule has 3 heteroatoms. The van der Waals surface area contributed by atoms with Crippen LogP contribution in [0.25, 0.3) is 5.82 Å². The maximum atomic E-state index is 5.54. The molecule has 0 unspecified atom stereocenters. The smallest absolute Gasteiger partial charge is 0.137 e. The largest absolute Gasteiger partial charge is 0.330 e. The van der Waals surface area contributed by atoms with Crippen LogP contribution in [0.1, 0.15) is 35.5 Å². The molecule has 0 aliphatic carbocycles. The highest BCUT2D eigenvalue weighted by atomic mass is 15.1. The molecule has 0 aliphatic heterocycles. The van der Waals surface area contributed by atoms with Crippen LogP contribution in [0.5, 0.6) is 0 Å². The van der Waals surface area contributed by atoms with E-state index in [1.807, 2.05) is 0 Å². The Bertz CT molecular complexity index is 536. The van der Waals surface area contributed by atoms with Gasteiger partial charge in [-0.25, -0.2) is 4.98 Å². The van der Waals surface area contributed by atoms with Crippen molar-refractivity contribution in [2.75, 3.05) is 6.54 Å². The Hall–Kier alpha value is -1.61. The number of hydrogen-bond donors (Lipinski definition) is 1. The van der Waals surface area contributed by atoms with Crippen LogP contribution in [0, 0.1) is 20.8 Å². The highest BCUT2D eigenvalue weighted by molar-refractivity contribution is 5.35. The SMILES string of the molecule is Cc1cc(CCCCN)nc(-n2c(C)ccc2C)c1. The summed E-state index contributed by atoms with van der Waals surface area (Å²) >= 11 is 0. The number of nitrogens with zero attached hydrogens (tertiary/aromatic N) is 2. The van der Waals surface area contributed by atoms with Crippen molar-refractivity contribution < 1.29 is 0 Å². The van der Waals surface area contributed by atoms with E-state index in [0.717, 1.165) is 37.3 Å². The van der Waals surface area contributed by atoms with Gasteiger partial charge in [-0.05, 0) is 76.4 Å². The van der Waals surface area contributed by atoms with Crippen LogP contribution in [-0.2, 0) is 6.42 Å². The summed E-state index contributed by atoms with van der Waals surface area (Å²) < 4.78 is 2.21. The fraction of sp³-hybridized carbons (Fsp3) is 0.438. The van der Waals surface area contributed by atoms with Gasteiger partial charge in [0.15, 0.2) is 0 Å². The minimum atomic E-state index is 0.758. The normalized spacial score (nSPS) is 10.9. The van der Waals surface area contributed by atoms with E-state index in [4.69, 9.17) is 10.7 Å². The Kier molecular flexibility index (Phi) is 4.38. The van der Waals surface area contributed by atoms with Crippen molar-refractivity contribution in [2.45, 2.75) is 40.0 Å². The minimum Gasteiger partial charge on any atom is -0.330 e. The molecule has 0 aromatic carbocycles. The monoisotopic (exact) mass is 257 g/mol. The van der Waals surface area contributed by atoms with Crippen LogP contribution in [0.2, 0.25) is 0 Å². The molecule has 2 aromatic rings. The molecule has 0 spiro atoms. The fourth-order valence-corrected chi connectivity index (χ4v) is 2.44. The van der Waals surface area contributed by atoms with Crippen LogP contribution in [0.3, 0.4) is 0 Å². The Morgan fingerprint density at radius 3 is 2.37 bits per heavy atom. The third-order valence-electron chi connectivity index (χ3n) is 3.40. The van der Waals surface area contributed by atoms with Crippen LogP contribution < -0.4 is 5.73 Å². The van der Waals surface area contributed by atoms with Crippen molar-refractivity contribution in [2.24, 2.45) is 5.73 Å². The molecular formula is C16H23N3. The highest BCUT2D eigenvalue weighted by Gasteiger charge is 2.07. The predicted molar refractivity (Wildman–Crippen MR) is 79.8 cm³/mol. The predicted octanol–water partition coefficient (Wildman–Crippen LogP) is 3.08. The molecule has 0 atom stereocenters. The quantitative estimate of drug-likeness (QED) is 0.837. The average Bonchev–Trinajstić information content (AvgIpc) is 2.69. The summed E-state index contributed by atoms with van der Waals surface area (Å²) in [6.45, 7) is 7.12. The molecule has 0 fully saturated rings. The van der Waals surface area contributed by atoms with Gasteiger partial charge in [-0.1, -0.05) is 0 Å². The Balaban J connectivity index is 2.31. The number of pyridine rings is 1. The van der Waals surface area contributed by atoms with Crippen molar-refractivity contribution in [3.05, 3.63) is 46.9 Å². The summed E-state index contributed by atoms with van der Waals surface area (Å²) in [4.78, 5) is 4.79. The van der Waals surface area contributed by atoms with Gasteiger partial charge in [0.1, 0.15) is 5.82 Å². The summed E-state index contributed by atoms with van der Waals surface area (Å²) in [5.74, 6) is 1.03. The van der Waals surface area contributed by atoms with E-state index in [0.29, 0.717) is 0 Å². The molecule has 3 nitrogen and oxygen atoms in total. The molecule has 0 saturated heterocycles. The van der Waals surface area contributed by atoms with Crippen molar-refractivity contribution in [3.8, 4) is 5.82 Å². The molecule has 0 bridgehead atoms. The zero-order valence-electron chi connectivity index (χ0n) is 12.1. The first kappa shape index (κ1) is 13.8. The van der Waals surface area contributed by atoms with Crippen molar-refractivity contribution in [1.82, 2.24) is 9.55 Å².